The third kappa shape index (κ3) is 3.86. The number of amides is 1. The maximum atomic E-state index is 10.9. The number of carbonyl (C=O) groups is 1. The van der Waals surface area contributed by atoms with Crippen LogP contribution in [0, 0.1) is 0 Å². The molecule has 0 saturated carbocycles. The minimum Gasteiger partial charge on any atom is 0 e. The van der Waals surface area contributed by atoms with Gasteiger partial charge in [-0.25, -0.2) is 0 Å². The second-order valence-corrected chi connectivity index (χ2v) is 6.29. The molecule has 4 radical (unpaired) electrons. The first-order chi connectivity index (χ1) is 6.80. The van der Waals surface area contributed by atoms with Gasteiger partial charge in [0.1, 0.15) is 0 Å². The Bertz CT molecular complexity index is 444. The third-order valence-corrected chi connectivity index (χ3v) is 3.62. The van der Waals surface area contributed by atoms with Crippen molar-refractivity contribution in [2.45, 2.75) is 6.92 Å². The summed E-state index contributed by atoms with van der Waals surface area (Å²) in [6.07, 6.45) is 0. The van der Waals surface area contributed by atoms with E-state index in [9.17, 15) is 13.6 Å². The first-order valence-electron chi connectivity index (χ1n) is 3.97. The van der Waals surface area contributed by atoms with Crippen molar-refractivity contribution in [1.29, 1.82) is 0 Å². The number of phenols is 1. The Kier molecular flexibility index (Phi) is 5.02. The largest absolute Gasteiger partial charge is 0 e. The number of nitrogens with one attached hydrogen (secondary N) is 1. The molecule has 1 aromatic rings. The summed E-state index contributed by atoms with van der Waals surface area (Å²) in [6.45, 7) is 1.23. The monoisotopic (exact) mass is 303 g/mol. The van der Waals surface area contributed by atoms with Gasteiger partial charge in [-0.2, -0.15) is 0 Å². The van der Waals surface area contributed by atoms with Crippen molar-refractivity contribution in [3.05, 3.63) is 18.2 Å². The second kappa shape index (κ2) is 5.35. The Morgan fingerprint density at radius 2 is 1.94 bits per heavy atom. The average molecular weight is 303 g/mol. The van der Waals surface area contributed by atoms with Crippen LogP contribution in [-0.4, -0.2) is 44.3 Å². The van der Waals surface area contributed by atoms with Gasteiger partial charge in [-0.1, -0.05) is 0 Å². The molecular weight excluding hydrogens is 293 g/mol. The van der Waals surface area contributed by atoms with Crippen LogP contribution < -0.4 is 9.67 Å². The Morgan fingerprint density at radius 1 is 1.38 bits per heavy atom. The molecule has 0 unspecified atom stereocenters. The molecule has 16 heavy (non-hydrogen) atoms. The Hall–Kier alpha value is -1.01. The molecule has 0 saturated heterocycles. The zero-order valence-electron chi connectivity index (χ0n) is 8.34. The Morgan fingerprint density at radius 3 is 2.38 bits per heavy atom. The first kappa shape index (κ1) is 15.0. The van der Waals surface area contributed by atoms with E-state index in [0.29, 0.717) is 0 Å². The summed E-state index contributed by atoms with van der Waals surface area (Å²) in [5.41, 5.74) is -0.00951. The molecular formula is C8H10AsNO5Si. The maximum absolute atomic E-state index is 10.9. The fraction of sp³-hybridized carbons (Fsp3) is 0.125. The average Bonchev–Trinajstić information content (AvgIpc) is 2.06. The molecule has 0 aliphatic carbocycles. The zero-order valence-corrected chi connectivity index (χ0v) is 11.2. The van der Waals surface area contributed by atoms with E-state index in [1.807, 2.05) is 0 Å². The topological polar surface area (TPSA) is 107 Å². The van der Waals surface area contributed by atoms with E-state index < -0.39 is 20.1 Å². The summed E-state index contributed by atoms with van der Waals surface area (Å²) in [5.74, 6) is -0.668. The Labute approximate surface area is 99.3 Å². The van der Waals surface area contributed by atoms with Crippen LogP contribution in [0.25, 0.3) is 0 Å². The van der Waals surface area contributed by atoms with Crippen molar-refractivity contribution >= 4 is 41.1 Å². The van der Waals surface area contributed by atoms with Crippen LogP contribution in [0.5, 0.6) is 5.75 Å². The van der Waals surface area contributed by atoms with E-state index in [1.165, 1.54) is 6.92 Å². The minimum atomic E-state index is -4.98. The SMILES string of the molecule is CC(=O)Nc1cc([As](=O)(O)O)ccc1O.[Si]. The van der Waals surface area contributed by atoms with E-state index >= 15 is 0 Å². The molecule has 0 atom stereocenters. The number of hydrogen-bond donors (Lipinski definition) is 4. The summed E-state index contributed by atoms with van der Waals surface area (Å²) in [7, 11) is 0. The molecule has 6 nitrogen and oxygen atoms in total. The molecule has 1 amide bonds. The number of benzene rings is 1. The van der Waals surface area contributed by atoms with E-state index in [2.05, 4.69) is 5.32 Å². The van der Waals surface area contributed by atoms with Crippen molar-refractivity contribution in [3.63, 3.8) is 0 Å². The van der Waals surface area contributed by atoms with Gasteiger partial charge in [0.25, 0.3) is 0 Å². The molecule has 86 valence electrons. The predicted molar refractivity (Wildman–Crippen MR) is 58.7 cm³/mol. The van der Waals surface area contributed by atoms with Crippen LogP contribution in [-0.2, 0) is 8.53 Å². The van der Waals surface area contributed by atoms with E-state index in [0.717, 1.165) is 18.2 Å². The molecule has 0 bridgehead atoms. The van der Waals surface area contributed by atoms with Gasteiger partial charge in [0, 0.05) is 11.0 Å². The number of phenolic OH excluding ortho intramolecular Hbond substituents is 1. The van der Waals surface area contributed by atoms with Gasteiger partial charge < -0.3 is 0 Å². The van der Waals surface area contributed by atoms with Crippen molar-refractivity contribution in [1.82, 2.24) is 0 Å². The van der Waals surface area contributed by atoms with Gasteiger partial charge in [-0.05, 0) is 0 Å². The summed E-state index contributed by atoms with van der Waals surface area (Å²) in [6, 6.07) is 3.32. The van der Waals surface area contributed by atoms with Crippen molar-refractivity contribution < 1.29 is 21.8 Å². The van der Waals surface area contributed by atoms with E-state index in [-0.39, 0.29) is 26.8 Å². The van der Waals surface area contributed by atoms with Crippen molar-refractivity contribution in [2.75, 3.05) is 5.32 Å². The molecule has 8 heteroatoms. The standard InChI is InChI=1S/C8H10AsNO5.Si/c1-5(11)10-7-4-6(9(13,14)15)2-3-8(7)12;/h2-4,12H,1H3,(H,10,11)(H2,13,14,15);. The normalized spacial score (nSPS) is 10.4. The quantitative estimate of drug-likeness (QED) is 0.394. The van der Waals surface area contributed by atoms with Gasteiger partial charge in [0.05, 0.1) is 0 Å². The van der Waals surface area contributed by atoms with E-state index in [4.69, 9.17) is 8.19 Å². The minimum absolute atomic E-state index is 0. The van der Waals surface area contributed by atoms with Crippen LogP contribution in [0.2, 0.25) is 0 Å². The van der Waals surface area contributed by atoms with Crippen LogP contribution >= 0.6 is 0 Å². The molecule has 4 N–H and O–H groups in total. The summed E-state index contributed by atoms with van der Waals surface area (Å²) >= 11 is -4.98. The fourth-order valence-electron chi connectivity index (χ4n) is 0.995. The smallest absolute Gasteiger partial charge is 0 e. The summed E-state index contributed by atoms with van der Waals surface area (Å²) in [4.78, 5) is 10.7. The number of rotatable bonds is 2. The number of carbonyl (C=O) groups excluding carboxylic acids is 1. The van der Waals surface area contributed by atoms with E-state index in [1.54, 1.807) is 0 Å². The van der Waals surface area contributed by atoms with Gasteiger partial charge in [-0.15, -0.1) is 0 Å². The van der Waals surface area contributed by atoms with Gasteiger partial charge in [-0.3, -0.25) is 0 Å². The van der Waals surface area contributed by atoms with Crippen molar-refractivity contribution in [2.24, 2.45) is 0 Å². The molecule has 0 aromatic heterocycles. The zero-order chi connectivity index (χ0) is 11.6. The van der Waals surface area contributed by atoms with Crippen molar-refractivity contribution in [3.8, 4) is 5.75 Å². The molecule has 1 aromatic carbocycles. The summed E-state index contributed by atoms with van der Waals surface area (Å²) < 4.78 is 28.6. The van der Waals surface area contributed by atoms with Gasteiger partial charge >= 0.3 is 88.1 Å². The van der Waals surface area contributed by atoms with Crippen LogP contribution in [0.3, 0.4) is 0 Å². The van der Waals surface area contributed by atoms with Crippen LogP contribution in [0.15, 0.2) is 18.2 Å². The predicted octanol–water partition coefficient (Wildman–Crippen LogP) is -1.47. The van der Waals surface area contributed by atoms with Gasteiger partial charge in [0.15, 0.2) is 0 Å². The molecule has 0 aliphatic rings. The molecule has 0 fully saturated rings. The number of anilines is 1. The number of aromatic hydroxyl groups is 1. The number of hydrogen-bond acceptors (Lipinski definition) is 3. The molecule has 0 aliphatic heterocycles. The van der Waals surface area contributed by atoms with Gasteiger partial charge in [0.2, 0.25) is 0 Å². The maximum Gasteiger partial charge on any atom is 0 e. The third-order valence-electron chi connectivity index (χ3n) is 1.63. The first-order valence-corrected chi connectivity index (χ1v) is 7.35. The second-order valence-electron chi connectivity index (χ2n) is 2.93. The summed E-state index contributed by atoms with van der Waals surface area (Å²) in [5, 5.41) is 11.6. The fourth-order valence-corrected chi connectivity index (χ4v) is 2.18. The molecule has 0 spiro atoms. The Balaban J connectivity index is 0.00000225. The van der Waals surface area contributed by atoms with Crippen LogP contribution in [0.1, 0.15) is 6.92 Å². The molecule has 1 rings (SSSR count). The van der Waals surface area contributed by atoms with Crippen LogP contribution in [0.4, 0.5) is 5.69 Å². The molecule has 0 heterocycles.